The van der Waals surface area contributed by atoms with Gasteiger partial charge in [-0.1, -0.05) is 6.92 Å². The van der Waals surface area contributed by atoms with Crippen molar-refractivity contribution in [2.75, 3.05) is 19.6 Å². The maximum absolute atomic E-state index is 10.6. The molecule has 4 nitrogen and oxygen atoms in total. The van der Waals surface area contributed by atoms with Crippen LogP contribution in [-0.2, 0) is 4.79 Å². The van der Waals surface area contributed by atoms with Gasteiger partial charge in [-0.15, -0.1) is 0 Å². The van der Waals surface area contributed by atoms with Gasteiger partial charge >= 0.3 is 5.97 Å². The molecule has 0 aromatic rings. The van der Waals surface area contributed by atoms with Crippen molar-refractivity contribution in [1.82, 2.24) is 9.80 Å². The average molecular weight is 240 g/mol. The standard InChI is InChI=1S/C13H24N2O2/c1-3-14(7-6-13(16)17)12-8-10(2)15(9-12)11-4-5-11/h10-12H,3-9H2,1-2H3,(H,16,17). The zero-order chi connectivity index (χ0) is 12.4. The predicted molar refractivity (Wildman–Crippen MR) is 67.1 cm³/mol. The summed E-state index contributed by atoms with van der Waals surface area (Å²) in [6.45, 7) is 7.24. The second-order valence-corrected chi connectivity index (χ2v) is 5.44. The van der Waals surface area contributed by atoms with E-state index in [4.69, 9.17) is 5.11 Å². The number of carbonyl (C=O) groups is 1. The summed E-state index contributed by atoms with van der Waals surface area (Å²) in [5, 5.41) is 8.77. The van der Waals surface area contributed by atoms with E-state index in [1.54, 1.807) is 0 Å². The lowest BCUT2D eigenvalue weighted by atomic mass is 10.1. The fourth-order valence-corrected chi connectivity index (χ4v) is 3.04. The highest BCUT2D eigenvalue weighted by Gasteiger charge is 2.40. The Labute approximate surface area is 104 Å². The Bertz CT molecular complexity index is 279. The second kappa shape index (κ2) is 5.36. The quantitative estimate of drug-likeness (QED) is 0.762. The molecule has 0 aromatic heterocycles. The van der Waals surface area contributed by atoms with E-state index in [9.17, 15) is 4.79 Å². The molecular weight excluding hydrogens is 216 g/mol. The van der Waals surface area contributed by atoms with Gasteiger partial charge in [0, 0.05) is 31.2 Å². The monoisotopic (exact) mass is 240 g/mol. The van der Waals surface area contributed by atoms with Crippen molar-refractivity contribution in [1.29, 1.82) is 0 Å². The topological polar surface area (TPSA) is 43.8 Å². The molecular formula is C13H24N2O2. The first-order valence-electron chi connectivity index (χ1n) is 6.83. The number of carboxylic acids is 1. The minimum Gasteiger partial charge on any atom is -0.481 e. The Morgan fingerprint density at radius 3 is 2.71 bits per heavy atom. The lowest BCUT2D eigenvalue weighted by Crippen LogP contribution is -2.39. The third-order valence-corrected chi connectivity index (χ3v) is 4.15. The zero-order valence-electron chi connectivity index (χ0n) is 10.9. The van der Waals surface area contributed by atoms with Gasteiger partial charge in [-0.05, 0) is 32.7 Å². The summed E-state index contributed by atoms with van der Waals surface area (Å²) in [4.78, 5) is 15.6. The molecule has 2 aliphatic rings. The molecule has 98 valence electrons. The molecule has 2 rings (SSSR count). The van der Waals surface area contributed by atoms with Gasteiger partial charge < -0.3 is 5.11 Å². The summed E-state index contributed by atoms with van der Waals surface area (Å²) in [5.74, 6) is -0.687. The number of hydrogen-bond acceptors (Lipinski definition) is 3. The van der Waals surface area contributed by atoms with Crippen molar-refractivity contribution >= 4 is 5.97 Å². The maximum Gasteiger partial charge on any atom is 0.304 e. The van der Waals surface area contributed by atoms with E-state index >= 15 is 0 Å². The minimum atomic E-state index is -0.687. The lowest BCUT2D eigenvalue weighted by Gasteiger charge is -2.27. The molecule has 1 saturated carbocycles. The molecule has 1 saturated heterocycles. The molecule has 1 aliphatic heterocycles. The van der Waals surface area contributed by atoms with Gasteiger partial charge in [-0.3, -0.25) is 14.6 Å². The summed E-state index contributed by atoms with van der Waals surface area (Å²) in [7, 11) is 0. The highest BCUT2D eigenvalue weighted by atomic mass is 16.4. The molecule has 0 amide bonds. The van der Waals surface area contributed by atoms with Crippen LogP contribution < -0.4 is 0 Å². The summed E-state index contributed by atoms with van der Waals surface area (Å²) in [6.07, 6.45) is 4.18. The maximum atomic E-state index is 10.6. The Balaban J connectivity index is 1.85. The van der Waals surface area contributed by atoms with Crippen LogP contribution in [0.1, 0.15) is 39.5 Å². The van der Waals surface area contributed by atoms with Gasteiger partial charge in [0.25, 0.3) is 0 Å². The van der Waals surface area contributed by atoms with Crippen molar-refractivity contribution in [3.8, 4) is 0 Å². The van der Waals surface area contributed by atoms with Gasteiger partial charge in [0.1, 0.15) is 0 Å². The number of likely N-dealkylation sites (tertiary alicyclic amines) is 1. The number of aliphatic carboxylic acids is 1. The Kier molecular flexibility index (Phi) is 4.05. The molecule has 0 spiro atoms. The largest absolute Gasteiger partial charge is 0.481 e. The zero-order valence-corrected chi connectivity index (χ0v) is 10.9. The average Bonchev–Trinajstić information content (AvgIpc) is 3.04. The van der Waals surface area contributed by atoms with Crippen molar-refractivity contribution in [2.24, 2.45) is 0 Å². The van der Waals surface area contributed by atoms with Crippen LogP contribution in [0.15, 0.2) is 0 Å². The molecule has 1 aliphatic carbocycles. The molecule has 0 radical (unpaired) electrons. The van der Waals surface area contributed by atoms with Crippen LogP contribution in [0.4, 0.5) is 0 Å². The summed E-state index contributed by atoms with van der Waals surface area (Å²) in [6, 6.07) is 2.06. The number of rotatable bonds is 6. The molecule has 0 aromatic carbocycles. The summed E-state index contributed by atoms with van der Waals surface area (Å²) >= 11 is 0. The molecule has 17 heavy (non-hydrogen) atoms. The van der Waals surface area contributed by atoms with Crippen molar-refractivity contribution in [3.05, 3.63) is 0 Å². The van der Waals surface area contributed by atoms with Crippen molar-refractivity contribution in [2.45, 2.75) is 57.7 Å². The Hall–Kier alpha value is -0.610. The smallest absolute Gasteiger partial charge is 0.304 e. The number of nitrogens with zero attached hydrogens (tertiary/aromatic N) is 2. The first-order chi connectivity index (χ1) is 8.11. The molecule has 1 heterocycles. The van der Waals surface area contributed by atoms with Gasteiger partial charge in [0.15, 0.2) is 0 Å². The Morgan fingerprint density at radius 1 is 1.47 bits per heavy atom. The third kappa shape index (κ3) is 3.19. The second-order valence-electron chi connectivity index (χ2n) is 5.44. The van der Waals surface area contributed by atoms with Crippen LogP contribution in [0.25, 0.3) is 0 Å². The van der Waals surface area contributed by atoms with E-state index in [1.807, 2.05) is 0 Å². The number of carboxylic acid groups (broad SMARTS) is 1. The van der Waals surface area contributed by atoms with Gasteiger partial charge in [-0.25, -0.2) is 0 Å². The first-order valence-corrected chi connectivity index (χ1v) is 6.83. The van der Waals surface area contributed by atoms with E-state index in [0.29, 0.717) is 18.6 Å². The van der Waals surface area contributed by atoms with Crippen molar-refractivity contribution < 1.29 is 9.90 Å². The van der Waals surface area contributed by atoms with Crippen LogP contribution in [0, 0.1) is 0 Å². The fourth-order valence-electron chi connectivity index (χ4n) is 3.04. The first kappa shape index (κ1) is 12.8. The molecule has 2 fully saturated rings. The lowest BCUT2D eigenvalue weighted by molar-refractivity contribution is -0.137. The Morgan fingerprint density at radius 2 is 2.18 bits per heavy atom. The van der Waals surface area contributed by atoms with E-state index in [1.165, 1.54) is 19.3 Å². The number of hydrogen-bond donors (Lipinski definition) is 1. The highest BCUT2D eigenvalue weighted by molar-refractivity contribution is 5.66. The van der Waals surface area contributed by atoms with Crippen LogP contribution in [0.5, 0.6) is 0 Å². The summed E-state index contributed by atoms with van der Waals surface area (Å²) < 4.78 is 0. The molecule has 0 bridgehead atoms. The van der Waals surface area contributed by atoms with Gasteiger partial charge in [0.2, 0.25) is 0 Å². The number of likely N-dealkylation sites (N-methyl/N-ethyl adjacent to an activating group) is 1. The minimum absolute atomic E-state index is 0.266. The van der Waals surface area contributed by atoms with Crippen LogP contribution in [0.2, 0.25) is 0 Å². The molecule has 1 N–H and O–H groups in total. The van der Waals surface area contributed by atoms with Gasteiger partial charge in [-0.2, -0.15) is 0 Å². The van der Waals surface area contributed by atoms with E-state index < -0.39 is 5.97 Å². The van der Waals surface area contributed by atoms with E-state index in [0.717, 1.165) is 19.1 Å². The molecule has 2 unspecified atom stereocenters. The SMILES string of the molecule is CCN(CCC(=O)O)C1CC(C)N(C2CC2)C1. The normalized spacial score (nSPS) is 30.1. The fraction of sp³-hybridized carbons (Fsp3) is 0.923. The van der Waals surface area contributed by atoms with Crippen LogP contribution in [-0.4, -0.2) is 58.6 Å². The summed E-state index contributed by atoms with van der Waals surface area (Å²) in [5.41, 5.74) is 0. The molecule has 4 heteroatoms. The molecule has 2 atom stereocenters. The van der Waals surface area contributed by atoms with E-state index in [2.05, 4.69) is 23.6 Å². The van der Waals surface area contributed by atoms with Crippen LogP contribution >= 0.6 is 0 Å². The predicted octanol–water partition coefficient (Wildman–Crippen LogP) is 1.41. The van der Waals surface area contributed by atoms with Crippen molar-refractivity contribution in [3.63, 3.8) is 0 Å². The third-order valence-electron chi connectivity index (χ3n) is 4.15. The highest BCUT2D eigenvalue weighted by Crippen LogP contribution is 2.34. The van der Waals surface area contributed by atoms with Gasteiger partial charge in [0.05, 0.1) is 6.42 Å². The van der Waals surface area contributed by atoms with Crippen LogP contribution in [0.3, 0.4) is 0 Å². The van der Waals surface area contributed by atoms with E-state index in [-0.39, 0.29) is 6.42 Å².